The number of hydrogen-bond acceptors (Lipinski definition) is 8. The topological polar surface area (TPSA) is 108 Å². The third-order valence-corrected chi connectivity index (χ3v) is 2.65. The van der Waals surface area contributed by atoms with Gasteiger partial charge < -0.3 is 24.1 Å². The van der Waals surface area contributed by atoms with Crippen LogP contribution in [0.15, 0.2) is 0 Å². The lowest BCUT2D eigenvalue weighted by atomic mass is 9.99. The van der Waals surface area contributed by atoms with Crippen LogP contribution < -0.4 is 0 Å². The van der Waals surface area contributed by atoms with Crippen molar-refractivity contribution < 1.29 is 38.4 Å². The Kier molecular flexibility index (Phi) is 5.46. The van der Waals surface area contributed by atoms with E-state index in [0.717, 1.165) is 13.8 Å². The van der Waals surface area contributed by atoms with Gasteiger partial charge in [0.05, 0.1) is 6.10 Å². The smallest absolute Gasteiger partial charge is 0.303 e. The van der Waals surface area contributed by atoms with Crippen molar-refractivity contribution in [2.45, 2.75) is 58.4 Å². The van der Waals surface area contributed by atoms with Crippen LogP contribution in [0.1, 0.15) is 27.7 Å². The maximum absolute atomic E-state index is 11.2. The predicted octanol–water partition coefficient (Wildman–Crippen LogP) is -0.481. The van der Waals surface area contributed by atoms with Crippen LogP contribution in [0.2, 0.25) is 0 Å². The fourth-order valence-electron chi connectivity index (χ4n) is 1.99. The van der Waals surface area contributed by atoms with Gasteiger partial charge in [0.1, 0.15) is 0 Å². The van der Waals surface area contributed by atoms with E-state index in [1.165, 1.54) is 13.8 Å². The van der Waals surface area contributed by atoms with Crippen molar-refractivity contribution in [3.05, 3.63) is 0 Å². The molecule has 0 aromatic heterocycles. The summed E-state index contributed by atoms with van der Waals surface area (Å²) in [4.78, 5) is 33.3. The second-order valence-corrected chi connectivity index (χ2v) is 4.45. The molecule has 8 nitrogen and oxygen atoms in total. The molecule has 0 amide bonds. The minimum atomic E-state index is -1.48. The van der Waals surface area contributed by atoms with Crippen molar-refractivity contribution in [2.75, 3.05) is 0 Å². The summed E-state index contributed by atoms with van der Waals surface area (Å²) in [6.07, 6.45) is -5.60. The van der Waals surface area contributed by atoms with Gasteiger partial charge in [0.25, 0.3) is 0 Å². The maximum Gasteiger partial charge on any atom is 0.303 e. The number of esters is 3. The Hall–Kier alpha value is -1.67. The highest BCUT2D eigenvalue weighted by Crippen LogP contribution is 2.27. The molecule has 0 aromatic rings. The molecule has 1 N–H and O–H groups in total. The third kappa shape index (κ3) is 4.17. The van der Waals surface area contributed by atoms with E-state index in [1.807, 2.05) is 0 Å². The molecule has 1 aliphatic rings. The monoisotopic (exact) mass is 290 g/mol. The van der Waals surface area contributed by atoms with Crippen LogP contribution in [0.25, 0.3) is 0 Å². The maximum atomic E-state index is 11.2. The second-order valence-electron chi connectivity index (χ2n) is 4.45. The fraction of sp³-hybridized carbons (Fsp3) is 0.750. The van der Waals surface area contributed by atoms with Gasteiger partial charge in [0.2, 0.25) is 0 Å². The Labute approximate surface area is 115 Å². The average Bonchev–Trinajstić information content (AvgIpc) is 2.27. The fourth-order valence-corrected chi connectivity index (χ4v) is 1.99. The normalized spacial score (nSPS) is 33.1. The van der Waals surface area contributed by atoms with Crippen LogP contribution in [0, 0.1) is 0 Å². The molecule has 0 saturated carbocycles. The highest BCUT2D eigenvalue weighted by Gasteiger charge is 2.49. The van der Waals surface area contributed by atoms with Crippen LogP contribution in [-0.4, -0.2) is 53.7 Å². The van der Waals surface area contributed by atoms with Crippen molar-refractivity contribution in [1.29, 1.82) is 0 Å². The molecule has 1 heterocycles. The molecule has 0 aromatic carbocycles. The summed E-state index contributed by atoms with van der Waals surface area (Å²) in [6.45, 7) is 5.01. The lowest BCUT2D eigenvalue weighted by Crippen LogP contribution is -2.60. The summed E-state index contributed by atoms with van der Waals surface area (Å²) in [7, 11) is 0. The van der Waals surface area contributed by atoms with Gasteiger partial charge in [-0.3, -0.25) is 14.4 Å². The summed E-state index contributed by atoms with van der Waals surface area (Å²) in [5.74, 6) is -1.96. The summed E-state index contributed by atoms with van der Waals surface area (Å²) in [5.41, 5.74) is 0. The van der Waals surface area contributed by atoms with Crippen molar-refractivity contribution in [1.82, 2.24) is 0 Å². The van der Waals surface area contributed by atoms with E-state index in [-0.39, 0.29) is 0 Å². The molecule has 0 spiro atoms. The van der Waals surface area contributed by atoms with E-state index < -0.39 is 48.6 Å². The molecule has 114 valence electrons. The standard InChI is InChI=1S/C12H18O8/c1-5-9(18-6(2)13)10(19-7(3)14)11(12(16)17-5)20-8(4)15/h5,9-12,16H,1-4H3/t5-,9+,10-,11+,12+/m0/s1. The van der Waals surface area contributed by atoms with Crippen LogP contribution >= 0.6 is 0 Å². The number of rotatable bonds is 3. The molecule has 1 saturated heterocycles. The van der Waals surface area contributed by atoms with E-state index >= 15 is 0 Å². The average molecular weight is 290 g/mol. The van der Waals surface area contributed by atoms with E-state index in [0.29, 0.717) is 0 Å². The van der Waals surface area contributed by atoms with E-state index in [1.54, 1.807) is 0 Å². The van der Waals surface area contributed by atoms with Crippen LogP contribution in [0.4, 0.5) is 0 Å². The Bertz CT molecular complexity index is 365. The molecular weight excluding hydrogens is 272 g/mol. The zero-order chi connectivity index (χ0) is 15.4. The molecule has 1 fully saturated rings. The number of carbonyl (C=O) groups excluding carboxylic acids is 3. The predicted molar refractivity (Wildman–Crippen MR) is 63.2 cm³/mol. The van der Waals surface area contributed by atoms with Gasteiger partial charge in [-0.25, -0.2) is 0 Å². The Morgan fingerprint density at radius 2 is 1.25 bits per heavy atom. The van der Waals surface area contributed by atoms with Crippen LogP contribution in [-0.2, 0) is 33.3 Å². The van der Waals surface area contributed by atoms with Crippen LogP contribution in [0.5, 0.6) is 0 Å². The van der Waals surface area contributed by atoms with Gasteiger partial charge in [0.15, 0.2) is 24.6 Å². The third-order valence-electron chi connectivity index (χ3n) is 2.65. The molecule has 20 heavy (non-hydrogen) atoms. The number of aliphatic hydroxyl groups excluding tert-OH is 1. The van der Waals surface area contributed by atoms with Gasteiger partial charge in [-0.2, -0.15) is 0 Å². The number of carbonyl (C=O) groups is 3. The summed E-state index contributed by atoms with van der Waals surface area (Å²) < 4.78 is 20.1. The minimum absolute atomic E-state index is 0.611. The molecule has 0 bridgehead atoms. The molecule has 5 atom stereocenters. The molecule has 0 unspecified atom stereocenters. The molecule has 1 aliphatic heterocycles. The largest absolute Gasteiger partial charge is 0.456 e. The summed E-state index contributed by atoms with van der Waals surface area (Å²) >= 11 is 0. The number of aliphatic hydroxyl groups is 1. The lowest BCUT2D eigenvalue weighted by Gasteiger charge is -2.41. The first-order chi connectivity index (χ1) is 9.22. The SMILES string of the molecule is CC(=O)O[C@@H]1[C@@H](OC(C)=O)[C@H](O)O[C@@H](C)[C@H]1OC(C)=O. The van der Waals surface area contributed by atoms with Gasteiger partial charge in [-0.15, -0.1) is 0 Å². The zero-order valence-corrected chi connectivity index (χ0v) is 11.7. The molecular formula is C12H18O8. The van der Waals surface area contributed by atoms with Gasteiger partial charge in [-0.05, 0) is 6.92 Å². The quantitative estimate of drug-likeness (QED) is 0.548. The van der Waals surface area contributed by atoms with Gasteiger partial charge in [0, 0.05) is 20.8 Å². The van der Waals surface area contributed by atoms with Crippen molar-refractivity contribution in [3.8, 4) is 0 Å². The Morgan fingerprint density at radius 3 is 1.70 bits per heavy atom. The van der Waals surface area contributed by atoms with Gasteiger partial charge >= 0.3 is 17.9 Å². The number of hydrogen-bond donors (Lipinski definition) is 1. The molecule has 8 heteroatoms. The van der Waals surface area contributed by atoms with Crippen molar-refractivity contribution >= 4 is 17.9 Å². The highest BCUT2D eigenvalue weighted by atomic mass is 16.7. The first kappa shape index (κ1) is 16.4. The summed E-state index contributed by atoms with van der Waals surface area (Å²) in [6, 6.07) is 0. The van der Waals surface area contributed by atoms with Crippen molar-refractivity contribution in [2.24, 2.45) is 0 Å². The molecule has 0 aliphatic carbocycles. The highest BCUT2D eigenvalue weighted by molar-refractivity contribution is 5.68. The molecule has 0 radical (unpaired) electrons. The van der Waals surface area contributed by atoms with Crippen molar-refractivity contribution in [3.63, 3.8) is 0 Å². The minimum Gasteiger partial charge on any atom is -0.456 e. The first-order valence-electron chi connectivity index (χ1n) is 6.07. The van der Waals surface area contributed by atoms with E-state index in [4.69, 9.17) is 18.9 Å². The Balaban J connectivity index is 3.01. The molecule has 1 rings (SSSR count). The van der Waals surface area contributed by atoms with Crippen LogP contribution in [0.3, 0.4) is 0 Å². The lowest BCUT2D eigenvalue weighted by molar-refractivity contribution is -0.288. The number of ether oxygens (including phenoxy) is 4. The van der Waals surface area contributed by atoms with E-state index in [2.05, 4.69) is 0 Å². The Morgan fingerprint density at radius 1 is 0.850 bits per heavy atom. The second kappa shape index (κ2) is 6.67. The first-order valence-corrected chi connectivity index (χ1v) is 6.07. The zero-order valence-electron chi connectivity index (χ0n) is 11.7. The van der Waals surface area contributed by atoms with E-state index in [9.17, 15) is 19.5 Å². The summed E-state index contributed by atoms with van der Waals surface area (Å²) in [5, 5.41) is 9.79. The van der Waals surface area contributed by atoms with Gasteiger partial charge in [-0.1, -0.05) is 0 Å².